The highest BCUT2D eigenvalue weighted by molar-refractivity contribution is 5.81. The lowest BCUT2D eigenvalue weighted by Gasteiger charge is -2.34. The second kappa shape index (κ2) is 10.9. The number of aromatic nitrogens is 1. The third kappa shape index (κ3) is 7.92. The highest BCUT2D eigenvalue weighted by atomic mass is 16.6. The van der Waals surface area contributed by atoms with Crippen molar-refractivity contribution in [3.63, 3.8) is 0 Å². The predicted molar refractivity (Wildman–Crippen MR) is 135 cm³/mol. The van der Waals surface area contributed by atoms with Crippen LogP contribution in [-0.2, 0) is 25.7 Å². The van der Waals surface area contributed by atoms with Gasteiger partial charge < -0.3 is 19.2 Å². The van der Waals surface area contributed by atoms with Gasteiger partial charge in [-0.3, -0.25) is 9.59 Å². The van der Waals surface area contributed by atoms with E-state index in [1.807, 2.05) is 72.7 Å². The zero-order chi connectivity index (χ0) is 25.8. The summed E-state index contributed by atoms with van der Waals surface area (Å²) in [7, 11) is 0. The first kappa shape index (κ1) is 26.9. The second-order valence-electron chi connectivity index (χ2n) is 11.3. The lowest BCUT2D eigenvalue weighted by Crippen LogP contribution is -2.51. The van der Waals surface area contributed by atoms with Crippen LogP contribution in [0, 0.1) is 19.8 Å². The zero-order valence-electron chi connectivity index (χ0n) is 22.2. The molecule has 1 heterocycles. The minimum Gasteiger partial charge on any atom is -0.460 e. The molecule has 1 aliphatic rings. The Morgan fingerprint density at radius 2 is 1.71 bits per heavy atom. The third-order valence-electron chi connectivity index (χ3n) is 6.13. The molecule has 0 spiro atoms. The van der Waals surface area contributed by atoms with E-state index in [1.165, 1.54) is 5.56 Å². The highest BCUT2D eigenvalue weighted by Crippen LogP contribution is 2.30. The summed E-state index contributed by atoms with van der Waals surface area (Å²) in [5.74, 6) is 0.606. The van der Waals surface area contributed by atoms with Crippen molar-refractivity contribution in [3.05, 3.63) is 41.3 Å². The van der Waals surface area contributed by atoms with Crippen molar-refractivity contribution in [1.82, 2.24) is 10.3 Å². The molecule has 0 aliphatic heterocycles. The van der Waals surface area contributed by atoms with Crippen molar-refractivity contribution in [3.8, 4) is 11.5 Å². The van der Waals surface area contributed by atoms with Gasteiger partial charge in [0.1, 0.15) is 17.1 Å². The fraction of sp³-hybridized carbons (Fsp3) is 0.607. The van der Waals surface area contributed by atoms with Crippen LogP contribution in [0.4, 0.5) is 0 Å². The molecule has 7 nitrogen and oxygen atoms in total. The predicted octanol–water partition coefficient (Wildman–Crippen LogP) is 5.66. The Morgan fingerprint density at radius 3 is 2.37 bits per heavy atom. The summed E-state index contributed by atoms with van der Waals surface area (Å²) in [4.78, 5) is 30.1. The van der Waals surface area contributed by atoms with Crippen LogP contribution in [0.15, 0.2) is 28.7 Å². The maximum Gasteiger partial charge on any atom is 0.308 e. The largest absolute Gasteiger partial charge is 0.460 e. The zero-order valence-corrected chi connectivity index (χ0v) is 22.2. The quantitative estimate of drug-likeness (QED) is 0.486. The molecule has 1 fully saturated rings. The Labute approximate surface area is 209 Å². The number of carbonyl (C=O) groups is 2. The number of carbonyl (C=O) groups excluding carboxylic acids is 2. The average molecular weight is 485 g/mol. The summed E-state index contributed by atoms with van der Waals surface area (Å²) in [5, 5.41) is 3.06. The number of amides is 1. The molecule has 0 radical (unpaired) electrons. The van der Waals surface area contributed by atoms with Gasteiger partial charge in [-0.1, -0.05) is 30.5 Å². The summed E-state index contributed by atoms with van der Waals surface area (Å²) < 4.78 is 17.5. The van der Waals surface area contributed by atoms with E-state index in [0.29, 0.717) is 5.89 Å². The van der Waals surface area contributed by atoms with Crippen molar-refractivity contribution in [2.45, 2.75) is 104 Å². The molecule has 1 aliphatic carbocycles. The Morgan fingerprint density at radius 1 is 1.06 bits per heavy atom. The first-order valence-electron chi connectivity index (χ1n) is 12.5. The first-order chi connectivity index (χ1) is 16.3. The second-order valence-corrected chi connectivity index (χ2v) is 11.3. The molecule has 192 valence electrons. The molecule has 1 amide bonds. The Bertz CT molecular complexity index is 1020. The number of nitrogens with zero attached hydrogens (tertiary/aromatic N) is 1. The molecular formula is C28H40N2O5. The van der Waals surface area contributed by atoms with Crippen molar-refractivity contribution >= 4 is 11.9 Å². The molecule has 1 aromatic carbocycles. The lowest BCUT2D eigenvalue weighted by molar-refractivity contribution is -0.156. The maximum absolute atomic E-state index is 13.2. The molecule has 1 saturated carbocycles. The molecule has 0 unspecified atom stereocenters. The summed E-state index contributed by atoms with van der Waals surface area (Å²) >= 11 is 0. The van der Waals surface area contributed by atoms with Crippen LogP contribution < -0.4 is 5.32 Å². The van der Waals surface area contributed by atoms with Crippen molar-refractivity contribution in [2.75, 3.05) is 0 Å². The van der Waals surface area contributed by atoms with Gasteiger partial charge in [-0.2, -0.15) is 0 Å². The van der Waals surface area contributed by atoms with Gasteiger partial charge in [-0.05, 0) is 73.4 Å². The standard InChI is InChI=1S/C28H40N2O5/c1-18-12-14-20(15-13-18)26-29-22(19(2)34-26)17-33-23-11-9-8-10-21(23)25(32)30-28(6,7)16-24(31)35-27(3,4)5/h12-15,21,23H,8-11,16-17H2,1-7H3,(H,30,32)/t21-,23+/m0/s1. The molecule has 1 N–H and O–H groups in total. The van der Waals surface area contributed by atoms with Crippen molar-refractivity contribution < 1.29 is 23.5 Å². The Hall–Kier alpha value is -2.67. The van der Waals surface area contributed by atoms with E-state index in [9.17, 15) is 9.59 Å². The maximum atomic E-state index is 13.2. The first-order valence-corrected chi connectivity index (χ1v) is 12.5. The summed E-state index contributed by atoms with van der Waals surface area (Å²) in [6.07, 6.45) is 3.46. The van der Waals surface area contributed by atoms with Gasteiger partial charge in [0.2, 0.25) is 11.8 Å². The third-order valence-corrected chi connectivity index (χ3v) is 6.13. The minimum absolute atomic E-state index is 0.0829. The van der Waals surface area contributed by atoms with Gasteiger partial charge in [-0.15, -0.1) is 0 Å². The van der Waals surface area contributed by atoms with E-state index in [2.05, 4.69) is 10.3 Å². The molecule has 2 aromatic rings. The number of hydrogen-bond donors (Lipinski definition) is 1. The van der Waals surface area contributed by atoms with Crippen molar-refractivity contribution in [2.24, 2.45) is 5.92 Å². The van der Waals surface area contributed by atoms with E-state index in [0.717, 1.165) is 42.7 Å². The van der Waals surface area contributed by atoms with E-state index in [-0.39, 0.29) is 36.9 Å². The molecule has 0 saturated heterocycles. The molecule has 35 heavy (non-hydrogen) atoms. The molecule has 7 heteroatoms. The molecule has 0 bridgehead atoms. The van der Waals surface area contributed by atoms with Gasteiger partial charge in [-0.25, -0.2) is 4.98 Å². The van der Waals surface area contributed by atoms with E-state index in [1.54, 1.807) is 0 Å². The molecule has 1 aromatic heterocycles. The summed E-state index contributed by atoms with van der Waals surface area (Å²) in [6.45, 7) is 13.4. The Kier molecular flexibility index (Phi) is 8.42. The molecular weight excluding hydrogens is 444 g/mol. The van der Waals surface area contributed by atoms with Gasteiger partial charge >= 0.3 is 5.97 Å². The number of aryl methyl sites for hydroxylation is 2. The molecule has 2 atom stereocenters. The fourth-order valence-corrected chi connectivity index (χ4v) is 4.37. The van der Waals surface area contributed by atoms with Crippen molar-refractivity contribution in [1.29, 1.82) is 0 Å². The van der Waals surface area contributed by atoms with Crippen LogP contribution in [0.2, 0.25) is 0 Å². The van der Waals surface area contributed by atoms with E-state index >= 15 is 0 Å². The number of ether oxygens (including phenoxy) is 2. The number of rotatable bonds is 8. The smallest absolute Gasteiger partial charge is 0.308 e. The summed E-state index contributed by atoms with van der Waals surface area (Å²) in [5.41, 5.74) is 1.57. The van der Waals surface area contributed by atoms with Crippen LogP contribution in [0.1, 0.15) is 83.7 Å². The monoisotopic (exact) mass is 484 g/mol. The normalized spacial score (nSPS) is 18.8. The summed E-state index contributed by atoms with van der Waals surface area (Å²) in [6, 6.07) is 8.04. The number of hydrogen-bond acceptors (Lipinski definition) is 6. The minimum atomic E-state index is -0.715. The van der Waals surface area contributed by atoms with Gasteiger partial charge in [0.15, 0.2) is 0 Å². The van der Waals surface area contributed by atoms with Gasteiger partial charge in [0.05, 0.1) is 25.0 Å². The highest BCUT2D eigenvalue weighted by Gasteiger charge is 2.36. The SMILES string of the molecule is Cc1ccc(-c2nc(CO[C@@H]3CCCC[C@@H]3C(=O)NC(C)(C)CC(=O)OC(C)(C)C)c(C)o2)cc1. The average Bonchev–Trinajstić information content (AvgIpc) is 3.11. The topological polar surface area (TPSA) is 90.7 Å². The van der Waals surface area contributed by atoms with Crippen LogP contribution >= 0.6 is 0 Å². The van der Waals surface area contributed by atoms with Gasteiger partial charge in [0, 0.05) is 11.1 Å². The van der Waals surface area contributed by atoms with E-state index < -0.39 is 11.1 Å². The van der Waals surface area contributed by atoms with Crippen LogP contribution in [-0.4, -0.2) is 34.1 Å². The lowest BCUT2D eigenvalue weighted by atomic mass is 9.85. The van der Waals surface area contributed by atoms with Gasteiger partial charge in [0.25, 0.3) is 0 Å². The number of oxazole rings is 1. The van der Waals surface area contributed by atoms with Crippen LogP contribution in [0.3, 0.4) is 0 Å². The Balaban J connectivity index is 1.61. The number of nitrogens with one attached hydrogen (secondary N) is 1. The number of benzene rings is 1. The number of esters is 1. The molecule has 3 rings (SSSR count). The fourth-order valence-electron chi connectivity index (χ4n) is 4.37. The van der Waals surface area contributed by atoms with E-state index in [4.69, 9.17) is 13.9 Å². The van der Waals surface area contributed by atoms with Crippen LogP contribution in [0.25, 0.3) is 11.5 Å². The van der Waals surface area contributed by atoms with Crippen LogP contribution in [0.5, 0.6) is 0 Å².